The summed E-state index contributed by atoms with van der Waals surface area (Å²) in [7, 11) is -3.48. The van der Waals surface area contributed by atoms with Gasteiger partial charge in [0.2, 0.25) is 10.0 Å². The number of rotatable bonds is 4. The van der Waals surface area contributed by atoms with Crippen molar-refractivity contribution in [2.24, 2.45) is 17.8 Å². The maximum absolute atomic E-state index is 12.5. The van der Waals surface area contributed by atoms with Gasteiger partial charge in [0.15, 0.2) is 11.5 Å². The minimum Gasteiger partial charge on any atom is -0.486 e. The van der Waals surface area contributed by atoms with Crippen LogP contribution in [0.4, 0.5) is 0 Å². The van der Waals surface area contributed by atoms with E-state index >= 15 is 0 Å². The molecule has 1 N–H and O–H groups in total. The van der Waals surface area contributed by atoms with Crippen molar-refractivity contribution in [3.8, 4) is 11.5 Å². The first-order valence-corrected chi connectivity index (χ1v) is 9.49. The second-order valence-corrected chi connectivity index (χ2v) is 8.36. The topological polar surface area (TPSA) is 64.6 Å². The number of fused-ring (bicyclic) bond motifs is 3. The minimum atomic E-state index is -3.48. The van der Waals surface area contributed by atoms with Crippen LogP contribution in [0.5, 0.6) is 11.5 Å². The first-order valence-electron chi connectivity index (χ1n) is 8.01. The Hall–Kier alpha value is -1.27. The van der Waals surface area contributed by atoms with Gasteiger partial charge in [-0.25, -0.2) is 13.1 Å². The molecule has 0 amide bonds. The van der Waals surface area contributed by atoms with Crippen molar-refractivity contribution in [3.05, 3.63) is 18.2 Å². The molecule has 3 aliphatic rings. The average Bonchev–Trinajstić information content (AvgIpc) is 3.15. The number of hydrogen-bond acceptors (Lipinski definition) is 4. The van der Waals surface area contributed by atoms with Crippen LogP contribution >= 0.6 is 0 Å². The molecule has 0 spiro atoms. The van der Waals surface area contributed by atoms with E-state index in [1.165, 1.54) is 25.7 Å². The lowest BCUT2D eigenvalue weighted by Crippen LogP contribution is -2.31. The van der Waals surface area contributed by atoms with E-state index in [0.29, 0.717) is 43.1 Å². The molecule has 0 aromatic heterocycles. The van der Waals surface area contributed by atoms with Crippen LogP contribution in [0, 0.1) is 17.8 Å². The van der Waals surface area contributed by atoms with Crippen molar-refractivity contribution in [3.63, 3.8) is 0 Å². The van der Waals surface area contributed by atoms with Crippen LogP contribution in [-0.2, 0) is 10.0 Å². The molecule has 1 heterocycles. The predicted octanol–water partition coefficient (Wildman–Crippen LogP) is 2.17. The van der Waals surface area contributed by atoms with E-state index in [9.17, 15) is 8.42 Å². The second-order valence-electron chi connectivity index (χ2n) is 6.59. The highest BCUT2D eigenvalue weighted by Gasteiger charge is 2.39. The van der Waals surface area contributed by atoms with Crippen molar-refractivity contribution in [1.29, 1.82) is 0 Å². The van der Waals surface area contributed by atoms with Gasteiger partial charge in [-0.3, -0.25) is 0 Å². The maximum atomic E-state index is 12.5. The van der Waals surface area contributed by atoms with Crippen molar-refractivity contribution in [2.45, 2.75) is 30.6 Å². The monoisotopic (exact) mass is 323 g/mol. The van der Waals surface area contributed by atoms with Crippen molar-refractivity contribution >= 4 is 10.0 Å². The molecule has 22 heavy (non-hydrogen) atoms. The van der Waals surface area contributed by atoms with E-state index in [1.54, 1.807) is 18.2 Å². The van der Waals surface area contributed by atoms with Crippen LogP contribution in [0.3, 0.4) is 0 Å². The molecule has 1 aliphatic heterocycles. The number of nitrogens with one attached hydrogen (secondary N) is 1. The van der Waals surface area contributed by atoms with E-state index in [-0.39, 0.29) is 4.90 Å². The van der Waals surface area contributed by atoms with Crippen molar-refractivity contribution in [1.82, 2.24) is 4.72 Å². The Morgan fingerprint density at radius 1 is 1.09 bits per heavy atom. The van der Waals surface area contributed by atoms with E-state index in [4.69, 9.17) is 9.47 Å². The van der Waals surface area contributed by atoms with E-state index in [0.717, 1.165) is 5.92 Å². The third-order valence-corrected chi connectivity index (χ3v) is 6.67. The lowest BCUT2D eigenvalue weighted by molar-refractivity contribution is 0.171. The molecule has 0 saturated heterocycles. The largest absolute Gasteiger partial charge is 0.486 e. The molecule has 6 heteroatoms. The number of ether oxygens (including phenoxy) is 2. The van der Waals surface area contributed by atoms with Crippen molar-refractivity contribution < 1.29 is 17.9 Å². The molecule has 2 fully saturated rings. The van der Waals surface area contributed by atoms with E-state index in [2.05, 4.69) is 4.72 Å². The van der Waals surface area contributed by atoms with E-state index in [1.807, 2.05) is 0 Å². The molecule has 0 radical (unpaired) electrons. The van der Waals surface area contributed by atoms with Crippen molar-refractivity contribution in [2.75, 3.05) is 19.8 Å². The Balaban J connectivity index is 1.46. The third-order valence-electron chi connectivity index (χ3n) is 5.24. The summed E-state index contributed by atoms with van der Waals surface area (Å²) in [5, 5.41) is 0. The summed E-state index contributed by atoms with van der Waals surface area (Å²) in [6.45, 7) is 1.51. The molecular weight excluding hydrogens is 302 g/mol. The lowest BCUT2D eigenvalue weighted by Gasteiger charge is -2.22. The molecule has 1 aromatic carbocycles. The first-order chi connectivity index (χ1) is 10.6. The number of benzene rings is 1. The molecule has 120 valence electrons. The highest BCUT2D eigenvalue weighted by Crippen LogP contribution is 2.48. The van der Waals surface area contributed by atoms with Gasteiger partial charge < -0.3 is 9.47 Å². The normalized spacial score (nSPS) is 29.7. The SMILES string of the molecule is O=S(=O)(NC[C@@H]1C[C@H]2CC[C@@H]1C2)c1ccc2c(c1)OCCO2. The zero-order valence-corrected chi connectivity index (χ0v) is 13.3. The summed E-state index contributed by atoms with van der Waals surface area (Å²) < 4.78 is 38.6. The standard InChI is InChI=1S/C16H21NO4S/c18-22(19,17-10-13-8-11-1-2-12(13)7-11)14-3-4-15-16(9-14)21-6-5-20-15/h3-4,9,11-13,17H,1-2,5-8,10H2/t11-,12+,13-/m0/s1. The van der Waals surface area contributed by atoms with Crippen LogP contribution < -0.4 is 14.2 Å². The average molecular weight is 323 g/mol. The smallest absolute Gasteiger partial charge is 0.240 e. The third kappa shape index (κ3) is 2.58. The Labute approximate surface area is 131 Å². The van der Waals surface area contributed by atoms with Gasteiger partial charge in [-0.05, 0) is 49.1 Å². The lowest BCUT2D eigenvalue weighted by atomic mass is 9.89. The Kier molecular flexibility index (Phi) is 3.53. The molecule has 4 rings (SSSR count). The zero-order valence-electron chi connectivity index (χ0n) is 12.5. The van der Waals surface area contributed by atoms with Gasteiger partial charge >= 0.3 is 0 Å². The number of hydrogen-bond donors (Lipinski definition) is 1. The van der Waals surface area contributed by atoms with Gasteiger partial charge in [-0.2, -0.15) is 0 Å². The summed E-state index contributed by atoms with van der Waals surface area (Å²) in [6, 6.07) is 4.80. The fraction of sp³-hybridized carbons (Fsp3) is 0.625. The summed E-state index contributed by atoms with van der Waals surface area (Å²) >= 11 is 0. The van der Waals surface area contributed by atoms with Crippen LogP contribution in [-0.4, -0.2) is 28.2 Å². The molecule has 2 bridgehead atoms. The molecule has 0 unspecified atom stereocenters. The van der Waals surface area contributed by atoms with Gasteiger partial charge in [0.25, 0.3) is 0 Å². The van der Waals surface area contributed by atoms with Gasteiger partial charge in [-0.15, -0.1) is 0 Å². The van der Waals surface area contributed by atoms with Gasteiger partial charge in [0.1, 0.15) is 13.2 Å². The summed E-state index contributed by atoms with van der Waals surface area (Å²) in [5.74, 6) is 3.17. The molecule has 2 aliphatic carbocycles. The molecule has 3 atom stereocenters. The fourth-order valence-corrected chi connectivity index (χ4v) is 5.23. The first kappa shape index (κ1) is 14.3. The predicted molar refractivity (Wildman–Crippen MR) is 81.6 cm³/mol. The van der Waals surface area contributed by atoms with E-state index < -0.39 is 10.0 Å². The molecule has 1 aromatic rings. The molecular formula is C16H21NO4S. The Morgan fingerprint density at radius 3 is 2.64 bits per heavy atom. The second kappa shape index (κ2) is 5.42. The van der Waals surface area contributed by atoms with Gasteiger partial charge in [-0.1, -0.05) is 6.42 Å². The van der Waals surface area contributed by atoms with Crippen LogP contribution in [0.25, 0.3) is 0 Å². The highest BCUT2D eigenvalue weighted by molar-refractivity contribution is 7.89. The minimum absolute atomic E-state index is 0.250. The summed E-state index contributed by atoms with van der Waals surface area (Å²) in [4.78, 5) is 0.250. The van der Waals surface area contributed by atoms with Crippen LogP contribution in [0.2, 0.25) is 0 Å². The van der Waals surface area contributed by atoms with Gasteiger partial charge in [0.05, 0.1) is 4.90 Å². The Morgan fingerprint density at radius 2 is 1.91 bits per heavy atom. The van der Waals surface area contributed by atoms with Gasteiger partial charge in [0, 0.05) is 12.6 Å². The highest BCUT2D eigenvalue weighted by atomic mass is 32.2. The maximum Gasteiger partial charge on any atom is 0.240 e. The fourth-order valence-electron chi connectivity index (χ4n) is 4.12. The number of sulfonamides is 1. The molecule has 2 saturated carbocycles. The molecule has 5 nitrogen and oxygen atoms in total. The zero-order chi connectivity index (χ0) is 15.2. The van der Waals surface area contributed by atoms with Crippen LogP contribution in [0.15, 0.2) is 23.1 Å². The quantitative estimate of drug-likeness (QED) is 0.922. The summed E-state index contributed by atoms with van der Waals surface area (Å²) in [6.07, 6.45) is 5.06. The van der Waals surface area contributed by atoms with Crippen LogP contribution in [0.1, 0.15) is 25.7 Å². The Bertz CT molecular complexity index is 673. The summed E-state index contributed by atoms with van der Waals surface area (Å²) in [5.41, 5.74) is 0.